The summed E-state index contributed by atoms with van der Waals surface area (Å²) >= 11 is 0. The van der Waals surface area contributed by atoms with Crippen LogP contribution >= 0.6 is 0 Å². The number of nitrogens with zero attached hydrogens (tertiary/aromatic N) is 4. The van der Waals surface area contributed by atoms with Crippen LogP contribution in [0.3, 0.4) is 0 Å². The number of nitrogens with one attached hydrogen (secondary N) is 1. The quantitative estimate of drug-likeness (QED) is 0.601. The molecule has 126 valence electrons. The van der Waals surface area contributed by atoms with Crippen LogP contribution in [-0.4, -0.2) is 25.6 Å². The fraction of sp³-hybridized carbons (Fsp3) is 0.176. The Labute approximate surface area is 142 Å². The monoisotopic (exact) mass is 337 g/mol. The van der Waals surface area contributed by atoms with E-state index < -0.39 is 0 Å². The fourth-order valence-corrected chi connectivity index (χ4v) is 2.55. The summed E-state index contributed by atoms with van der Waals surface area (Å²) in [5, 5.41) is 6.63. The van der Waals surface area contributed by atoms with Gasteiger partial charge in [-0.3, -0.25) is 4.79 Å². The molecule has 0 aliphatic heterocycles. The van der Waals surface area contributed by atoms with Crippen molar-refractivity contribution in [3.05, 3.63) is 54.6 Å². The zero-order chi connectivity index (χ0) is 17.2. The predicted molar refractivity (Wildman–Crippen MR) is 88.6 cm³/mol. The Balaban J connectivity index is 1.50. The van der Waals surface area contributed by atoms with Gasteiger partial charge in [-0.05, 0) is 37.3 Å². The highest BCUT2D eigenvalue weighted by molar-refractivity contribution is 5.91. The van der Waals surface area contributed by atoms with E-state index in [1.54, 1.807) is 18.5 Å². The molecule has 4 aromatic rings. The number of hydrogen-bond donors (Lipinski definition) is 1. The molecule has 8 nitrogen and oxygen atoms in total. The second kappa shape index (κ2) is 6.23. The van der Waals surface area contributed by atoms with Gasteiger partial charge in [-0.15, -0.1) is 0 Å². The number of furan rings is 1. The van der Waals surface area contributed by atoms with Gasteiger partial charge in [0.1, 0.15) is 0 Å². The molecular weight excluding hydrogens is 322 g/mol. The highest BCUT2D eigenvalue weighted by atomic mass is 16.5. The first kappa shape index (κ1) is 15.1. The number of benzene rings is 1. The van der Waals surface area contributed by atoms with Crippen molar-refractivity contribution >= 4 is 16.9 Å². The van der Waals surface area contributed by atoms with E-state index in [0.29, 0.717) is 11.7 Å². The molecule has 3 aromatic heterocycles. The molecule has 1 N–H and O–H groups in total. The largest absolute Gasteiger partial charge is 0.459 e. The highest BCUT2D eigenvalue weighted by Crippen LogP contribution is 2.21. The Kier molecular flexibility index (Phi) is 3.77. The SMILES string of the molecule is CCn1cnc2cc(-c3noc(CNC(=O)c4ccco4)n3)ccc21. The maximum absolute atomic E-state index is 11.8. The van der Waals surface area contributed by atoms with E-state index in [1.165, 1.54) is 6.26 Å². The predicted octanol–water partition coefficient (Wildman–Crippen LogP) is 2.63. The number of carbonyl (C=O) groups excluding carboxylic acids is 1. The van der Waals surface area contributed by atoms with E-state index in [-0.39, 0.29) is 18.2 Å². The topological polar surface area (TPSA) is 99.0 Å². The number of aryl methyl sites for hydroxylation is 1. The molecule has 0 aliphatic rings. The molecule has 0 fully saturated rings. The number of hydrogen-bond acceptors (Lipinski definition) is 6. The Morgan fingerprint density at radius 1 is 1.32 bits per heavy atom. The number of aromatic nitrogens is 4. The molecule has 1 amide bonds. The van der Waals surface area contributed by atoms with Gasteiger partial charge in [0.25, 0.3) is 5.91 Å². The lowest BCUT2D eigenvalue weighted by molar-refractivity contribution is 0.0918. The van der Waals surface area contributed by atoms with Gasteiger partial charge >= 0.3 is 0 Å². The molecule has 0 unspecified atom stereocenters. The van der Waals surface area contributed by atoms with Crippen molar-refractivity contribution in [2.75, 3.05) is 0 Å². The minimum Gasteiger partial charge on any atom is -0.459 e. The highest BCUT2D eigenvalue weighted by Gasteiger charge is 2.13. The summed E-state index contributed by atoms with van der Waals surface area (Å²) in [7, 11) is 0. The Morgan fingerprint density at radius 2 is 2.24 bits per heavy atom. The number of rotatable bonds is 5. The van der Waals surface area contributed by atoms with Crippen molar-refractivity contribution < 1.29 is 13.7 Å². The second-order valence-corrected chi connectivity index (χ2v) is 5.41. The van der Waals surface area contributed by atoms with Crippen LogP contribution in [0.15, 0.2) is 51.9 Å². The van der Waals surface area contributed by atoms with Crippen molar-refractivity contribution in [1.29, 1.82) is 0 Å². The Hall–Kier alpha value is -3.42. The van der Waals surface area contributed by atoms with Gasteiger partial charge in [-0.1, -0.05) is 5.16 Å². The summed E-state index contributed by atoms with van der Waals surface area (Å²) in [5.74, 6) is 0.664. The lowest BCUT2D eigenvalue weighted by atomic mass is 10.2. The maximum Gasteiger partial charge on any atom is 0.287 e. The average Bonchev–Trinajstić information content (AvgIpc) is 3.39. The van der Waals surface area contributed by atoms with Crippen LogP contribution in [0.25, 0.3) is 22.4 Å². The van der Waals surface area contributed by atoms with Crippen LogP contribution in [-0.2, 0) is 13.1 Å². The molecule has 0 spiro atoms. The summed E-state index contributed by atoms with van der Waals surface area (Å²) in [6, 6.07) is 9.05. The third-order valence-corrected chi connectivity index (χ3v) is 3.83. The number of amides is 1. The Bertz CT molecular complexity index is 1020. The van der Waals surface area contributed by atoms with Crippen LogP contribution in [0.5, 0.6) is 0 Å². The first-order valence-electron chi connectivity index (χ1n) is 7.84. The Morgan fingerprint density at radius 3 is 3.04 bits per heavy atom. The van der Waals surface area contributed by atoms with Gasteiger partial charge in [-0.25, -0.2) is 4.98 Å². The zero-order valence-electron chi connectivity index (χ0n) is 13.5. The minimum absolute atomic E-state index is 0.124. The van der Waals surface area contributed by atoms with Gasteiger partial charge in [0.15, 0.2) is 5.76 Å². The summed E-state index contributed by atoms with van der Waals surface area (Å²) < 4.78 is 12.3. The second-order valence-electron chi connectivity index (χ2n) is 5.41. The number of fused-ring (bicyclic) bond motifs is 1. The van der Waals surface area contributed by atoms with Crippen molar-refractivity contribution in [1.82, 2.24) is 25.0 Å². The van der Waals surface area contributed by atoms with Crippen molar-refractivity contribution in [3.8, 4) is 11.4 Å². The number of carbonyl (C=O) groups is 1. The smallest absolute Gasteiger partial charge is 0.287 e. The zero-order valence-corrected chi connectivity index (χ0v) is 13.5. The summed E-state index contributed by atoms with van der Waals surface area (Å²) in [6.07, 6.45) is 3.25. The van der Waals surface area contributed by atoms with Crippen LogP contribution in [0.2, 0.25) is 0 Å². The van der Waals surface area contributed by atoms with E-state index in [0.717, 1.165) is 23.1 Å². The molecule has 25 heavy (non-hydrogen) atoms. The fourth-order valence-electron chi connectivity index (χ4n) is 2.55. The van der Waals surface area contributed by atoms with Crippen molar-refractivity contribution in [3.63, 3.8) is 0 Å². The number of imidazole rings is 1. The van der Waals surface area contributed by atoms with E-state index in [1.807, 2.05) is 18.2 Å². The van der Waals surface area contributed by atoms with E-state index in [4.69, 9.17) is 8.94 Å². The molecule has 8 heteroatoms. The van der Waals surface area contributed by atoms with Crippen LogP contribution in [0, 0.1) is 0 Å². The summed E-state index contributed by atoms with van der Waals surface area (Å²) in [6.45, 7) is 3.05. The van der Waals surface area contributed by atoms with Crippen LogP contribution in [0.1, 0.15) is 23.4 Å². The molecular formula is C17H15N5O3. The van der Waals surface area contributed by atoms with E-state index in [9.17, 15) is 4.79 Å². The molecule has 0 aliphatic carbocycles. The van der Waals surface area contributed by atoms with Gasteiger partial charge < -0.3 is 18.8 Å². The van der Waals surface area contributed by atoms with Gasteiger partial charge in [0.05, 0.1) is 30.2 Å². The lowest BCUT2D eigenvalue weighted by Crippen LogP contribution is -2.22. The van der Waals surface area contributed by atoms with E-state index >= 15 is 0 Å². The van der Waals surface area contributed by atoms with E-state index in [2.05, 4.69) is 31.9 Å². The lowest BCUT2D eigenvalue weighted by Gasteiger charge is -1.99. The third-order valence-electron chi connectivity index (χ3n) is 3.83. The molecule has 0 radical (unpaired) electrons. The molecule has 1 aromatic carbocycles. The molecule has 4 rings (SSSR count). The van der Waals surface area contributed by atoms with Crippen molar-refractivity contribution in [2.45, 2.75) is 20.0 Å². The molecule has 0 atom stereocenters. The van der Waals surface area contributed by atoms with Crippen molar-refractivity contribution in [2.24, 2.45) is 0 Å². The minimum atomic E-state index is -0.337. The first-order valence-corrected chi connectivity index (χ1v) is 7.84. The molecule has 0 saturated carbocycles. The normalized spacial score (nSPS) is 11.1. The third kappa shape index (κ3) is 2.89. The van der Waals surface area contributed by atoms with Gasteiger partial charge in [-0.2, -0.15) is 4.98 Å². The molecule has 0 bridgehead atoms. The summed E-state index contributed by atoms with van der Waals surface area (Å²) in [5.41, 5.74) is 2.73. The standard InChI is InChI=1S/C17H15N5O3/c1-2-22-10-19-12-8-11(5-6-13(12)22)16-20-15(25-21-16)9-18-17(23)14-4-3-7-24-14/h3-8,10H,2,9H2,1H3,(H,18,23). The first-order chi connectivity index (χ1) is 12.2. The van der Waals surface area contributed by atoms with Gasteiger partial charge in [0, 0.05) is 12.1 Å². The molecule has 0 saturated heterocycles. The average molecular weight is 337 g/mol. The maximum atomic E-state index is 11.8. The van der Waals surface area contributed by atoms with Gasteiger partial charge in [0.2, 0.25) is 11.7 Å². The summed E-state index contributed by atoms with van der Waals surface area (Å²) in [4.78, 5) is 20.5. The molecule has 3 heterocycles. The van der Waals surface area contributed by atoms with Crippen LogP contribution < -0.4 is 5.32 Å². The van der Waals surface area contributed by atoms with Crippen LogP contribution in [0.4, 0.5) is 0 Å².